The van der Waals surface area contributed by atoms with Gasteiger partial charge in [-0.15, -0.1) is 24.0 Å². The highest BCUT2D eigenvalue weighted by molar-refractivity contribution is 14.0. The maximum Gasteiger partial charge on any atom is 0.194 e. The molecule has 0 aliphatic carbocycles. The molecule has 2 rings (SSSR count). The molecule has 0 aromatic heterocycles. The fourth-order valence-electron chi connectivity index (χ4n) is 2.94. The van der Waals surface area contributed by atoms with Gasteiger partial charge in [-0.1, -0.05) is 32.0 Å². The normalized spacial score (nSPS) is 15.8. The number of piperazine rings is 1. The molecule has 6 heteroatoms. The maximum atomic E-state index is 10.5. The summed E-state index contributed by atoms with van der Waals surface area (Å²) in [5, 5.41) is 13.8. The Balaban J connectivity index is 0.00000312. The fraction of sp³-hybridized carbons (Fsp3) is 0.632. The number of rotatable bonds is 6. The average Bonchev–Trinajstić information content (AvgIpc) is 2.66. The Kier molecular flexibility index (Phi) is 9.56. The summed E-state index contributed by atoms with van der Waals surface area (Å²) in [7, 11) is 0. The van der Waals surface area contributed by atoms with Crippen LogP contribution in [0.5, 0.6) is 0 Å². The standard InChI is InChI=1S/C19H32N4O.HI/c1-4-19(24,5-2)16-21-18(20-6-3)23-14-12-22(13-15-23)17-10-8-7-9-11-17;/h7-11,24H,4-6,12-16H2,1-3H3,(H,20,21);1H. The summed E-state index contributed by atoms with van der Waals surface area (Å²) >= 11 is 0. The van der Waals surface area contributed by atoms with E-state index in [1.54, 1.807) is 0 Å². The van der Waals surface area contributed by atoms with E-state index >= 15 is 0 Å². The van der Waals surface area contributed by atoms with Crippen LogP contribution >= 0.6 is 24.0 Å². The van der Waals surface area contributed by atoms with Gasteiger partial charge in [0.25, 0.3) is 0 Å². The van der Waals surface area contributed by atoms with Gasteiger partial charge in [-0.25, -0.2) is 0 Å². The van der Waals surface area contributed by atoms with E-state index < -0.39 is 5.60 Å². The number of halogens is 1. The summed E-state index contributed by atoms with van der Waals surface area (Å²) in [6.07, 6.45) is 1.46. The Hall–Kier alpha value is -1.02. The van der Waals surface area contributed by atoms with Crippen molar-refractivity contribution in [2.45, 2.75) is 39.2 Å². The first-order chi connectivity index (χ1) is 11.6. The van der Waals surface area contributed by atoms with E-state index in [0.717, 1.165) is 51.5 Å². The zero-order valence-electron chi connectivity index (χ0n) is 15.7. The number of nitrogens with one attached hydrogen (secondary N) is 1. The number of aliphatic hydroxyl groups is 1. The van der Waals surface area contributed by atoms with E-state index in [-0.39, 0.29) is 24.0 Å². The van der Waals surface area contributed by atoms with Crippen LogP contribution < -0.4 is 10.2 Å². The van der Waals surface area contributed by atoms with Crippen molar-refractivity contribution in [3.05, 3.63) is 30.3 Å². The SMILES string of the molecule is CCNC(=NCC(O)(CC)CC)N1CCN(c2ccccc2)CC1.I. The molecule has 142 valence electrons. The van der Waals surface area contributed by atoms with Crippen molar-refractivity contribution in [2.24, 2.45) is 4.99 Å². The Bertz CT molecular complexity index is 511. The number of hydrogen-bond donors (Lipinski definition) is 2. The molecule has 1 aromatic rings. The van der Waals surface area contributed by atoms with Gasteiger partial charge < -0.3 is 20.2 Å². The molecule has 0 radical (unpaired) electrons. The molecule has 0 bridgehead atoms. The largest absolute Gasteiger partial charge is 0.388 e. The highest BCUT2D eigenvalue weighted by Gasteiger charge is 2.24. The van der Waals surface area contributed by atoms with Crippen molar-refractivity contribution in [1.82, 2.24) is 10.2 Å². The molecule has 0 unspecified atom stereocenters. The summed E-state index contributed by atoms with van der Waals surface area (Å²) in [5.41, 5.74) is 0.595. The highest BCUT2D eigenvalue weighted by Crippen LogP contribution is 2.17. The van der Waals surface area contributed by atoms with Gasteiger partial charge in [0.2, 0.25) is 0 Å². The fourth-order valence-corrected chi connectivity index (χ4v) is 2.94. The second-order valence-electron chi connectivity index (χ2n) is 6.41. The summed E-state index contributed by atoms with van der Waals surface area (Å²) in [5.74, 6) is 0.922. The summed E-state index contributed by atoms with van der Waals surface area (Å²) < 4.78 is 0. The van der Waals surface area contributed by atoms with Crippen LogP contribution in [0.4, 0.5) is 5.69 Å². The molecular weight excluding hydrogens is 427 g/mol. The van der Waals surface area contributed by atoms with E-state index in [9.17, 15) is 5.11 Å². The van der Waals surface area contributed by atoms with Crippen molar-refractivity contribution in [2.75, 3.05) is 44.2 Å². The molecule has 1 heterocycles. The van der Waals surface area contributed by atoms with Crippen molar-refractivity contribution in [3.63, 3.8) is 0 Å². The predicted molar refractivity (Wildman–Crippen MR) is 117 cm³/mol. The van der Waals surface area contributed by atoms with Crippen molar-refractivity contribution < 1.29 is 5.11 Å². The van der Waals surface area contributed by atoms with Crippen LogP contribution in [0, 0.1) is 0 Å². The topological polar surface area (TPSA) is 51.1 Å². The molecule has 0 saturated carbocycles. The first kappa shape index (κ1) is 22.0. The lowest BCUT2D eigenvalue weighted by molar-refractivity contribution is 0.0415. The van der Waals surface area contributed by atoms with Gasteiger partial charge in [0, 0.05) is 38.4 Å². The van der Waals surface area contributed by atoms with Gasteiger partial charge >= 0.3 is 0 Å². The lowest BCUT2D eigenvalue weighted by Crippen LogP contribution is -2.53. The Morgan fingerprint density at radius 2 is 1.68 bits per heavy atom. The van der Waals surface area contributed by atoms with E-state index in [0.29, 0.717) is 6.54 Å². The molecule has 1 fully saturated rings. The van der Waals surface area contributed by atoms with Crippen molar-refractivity contribution in [3.8, 4) is 0 Å². The van der Waals surface area contributed by atoms with E-state index in [1.165, 1.54) is 5.69 Å². The van der Waals surface area contributed by atoms with Gasteiger partial charge in [-0.2, -0.15) is 0 Å². The third-order valence-corrected chi connectivity index (χ3v) is 4.87. The van der Waals surface area contributed by atoms with Crippen molar-refractivity contribution >= 4 is 35.6 Å². The monoisotopic (exact) mass is 460 g/mol. The van der Waals surface area contributed by atoms with Crippen LogP contribution in [0.3, 0.4) is 0 Å². The number of hydrogen-bond acceptors (Lipinski definition) is 3. The molecule has 1 saturated heterocycles. The smallest absolute Gasteiger partial charge is 0.194 e. The zero-order chi connectivity index (χ0) is 17.4. The second-order valence-corrected chi connectivity index (χ2v) is 6.41. The predicted octanol–water partition coefficient (Wildman–Crippen LogP) is 2.94. The molecule has 0 atom stereocenters. The van der Waals surface area contributed by atoms with E-state index in [1.807, 2.05) is 13.8 Å². The lowest BCUT2D eigenvalue weighted by Gasteiger charge is -2.38. The molecular formula is C19H33IN4O. The number of guanidine groups is 1. The Labute approximate surface area is 169 Å². The third-order valence-electron chi connectivity index (χ3n) is 4.87. The van der Waals surface area contributed by atoms with Gasteiger partial charge in [-0.3, -0.25) is 4.99 Å². The van der Waals surface area contributed by atoms with Crippen LogP contribution in [0.25, 0.3) is 0 Å². The zero-order valence-corrected chi connectivity index (χ0v) is 18.1. The Morgan fingerprint density at radius 1 is 1.08 bits per heavy atom. The van der Waals surface area contributed by atoms with Crippen LogP contribution in [0.15, 0.2) is 35.3 Å². The van der Waals surface area contributed by atoms with E-state index in [2.05, 4.69) is 52.4 Å². The first-order valence-electron chi connectivity index (χ1n) is 9.17. The summed E-state index contributed by atoms with van der Waals surface area (Å²) in [6, 6.07) is 10.6. The minimum atomic E-state index is -0.688. The minimum Gasteiger partial charge on any atom is -0.388 e. The summed E-state index contributed by atoms with van der Waals surface area (Å²) in [4.78, 5) is 9.42. The molecule has 5 nitrogen and oxygen atoms in total. The number of benzene rings is 1. The molecule has 0 spiro atoms. The molecule has 0 amide bonds. The maximum absolute atomic E-state index is 10.5. The van der Waals surface area contributed by atoms with Crippen LogP contribution in [-0.4, -0.2) is 60.8 Å². The van der Waals surface area contributed by atoms with Crippen molar-refractivity contribution in [1.29, 1.82) is 0 Å². The van der Waals surface area contributed by atoms with Gasteiger partial charge in [0.15, 0.2) is 5.96 Å². The highest BCUT2D eigenvalue weighted by atomic mass is 127. The number of nitrogens with zero attached hydrogens (tertiary/aromatic N) is 3. The van der Waals surface area contributed by atoms with Crippen LogP contribution in [0.2, 0.25) is 0 Å². The third kappa shape index (κ3) is 6.33. The molecule has 25 heavy (non-hydrogen) atoms. The summed E-state index contributed by atoms with van der Waals surface area (Å²) in [6.45, 7) is 11.3. The average molecular weight is 460 g/mol. The molecule has 1 aliphatic rings. The quantitative estimate of drug-likeness (QED) is 0.390. The van der Waals surface area contributed by atoms with Gasteiger partial charge in [0.05, 0.1) is 12.1 Å². The molecule has 1 aromatic carbocycles. The number of aliphatic imine (C=N–C) groups is 1. The lowest BCUT2D eigenvalue weighted by atomic mass is 9.98. The molecule has 2 N–H and O–H groups in total. The van der Waals surface area contributed by atoms with E-state index in [4.69, 9.17) is 4.99 Å². The number of anilines is 1. The van der Waals surface area contributed by atoms with Crippen LogP contribution in [0.1, 0.15) is 33.6 Å². The molecule has 1 aliphatic heterocycles. The number of para-hydroxylation sites is 1. The van der Waals surface area contributed by atoms with Gasteiger partial charge in [-0.05, 0) is 31.9 Å². The van der Waals surface area contributed by atoms with Gasteiger partial charge in [0.1, 0.15) is 0 Å². The first-order valence-corrected chi connectivity index (χ1v) is 9.17. The second kappa shape index (κ2) is 10.9. The van der Waals surface area contributed by atoms with Crippen LogP contribution in [-0.2, 0) is 0 Å². The Morgan fingerprint density at radius 3 is 2.20 bits per heavy atom. The minimum absolute atomic E-state index is 0.